The average Bonchev–Trinajstić information content (AvgIpc) is 2.54. The van der Waals surface area contributed by atoms with E-state index in [4.69, 9.17) is 0 Å². The lowest BCUT2D eigenvalue weighted by Gasteiger charge is -2.03. The average molecular weight is 313 g/mol. The fourth-order valence-corrected chi connectivity index (χ4v) is 1.80. The van der Waals surface area contributed by atoms with Gasteiger partial charge in [-0.1, -0.05) is 30.3 Å². The van der Waals surface area contributed by atoms with Crippen molar-refractivity contribution < 1.29 is 14.6 Å². The summed E-state index contributed by atoms with van der Waals surface area (Å²) < 4.78 is 0. The van der Waals surface area contributed by atoms with Gasteiger partial charge in [0.2, 0.25) is 5.91 Å². The molecular weight excluding hydrogens is 302 g/mol. The van der Waals surface area contributed by atoms with Crippen LogP contribution in [0.3, 0.4) is 0 Å². The van der Waals surface area contributed by atoms with Crippen LogP contribution in [-0.2, 0) is 4.79 Å². The smallest absolute Gasteiger partial charge is 0.299 e. The van der Waals surface area contributed by atoms with E-state index in [0.717, 1.165) is 23.8 Å². The summed E-state index contributed by atoms with van der Waals surface area (Å²) in [6.07, 6.45) is 2.77. The lowest BCUT2D eigenvalue weighted by Crippen LogP contribution is -2.09. The SMILES string of the molecule is O=C(/C=C/c1ccccc1)Nc1ccc([N+](=O)[O-])cc1[N+](=O)[O-]. The topological polar surface area (TPSA) is 115 Å². The van der Waals surface area contributed by atoms with Crippen molar-refractivity contribution in [2.24, 2.45) is 0 Å². The first-order chi connectivity index (χ1) is 11.0. The fourth-order valence-electron chi connectivity index (χ4n) is 1.80. The highest BCUT2D eigenvalue weighted by atomic mass is 16.6. The minimum absolute atomic E-state index is 0.108. The number of carbonyl (C=O) groups is 1. The van der Waals surface area contributed by atoms with Gasteiger partial charge in [0.15, 0.2) is 0 Å². The molecule has 1 N–H and O–H groups in total. The predicted molar refractivity (Wildman–Crippen MR) is 83.9 cm³/mol. The van der Waals surface area contributed by atoms with E-state index in [2.05, 4.69) is 5.32 Å². The number of rotatable bonds is 5. The van der Waals surface area contributed by atoms with Gasteiger partial charge < -0.3 is 5.32 Å². The molecule has 2 aromatic rings. The molecule has 8 nitrogen and oxygen atoms in total. The van der Waals surface area contributed by atoms with Crippen LogP contribution in [0, 0.1) is 20.2 Å². The minimum Gasteiger partial charge on any atom is -0.317 e. The molecule has 0 bridgehead atoms. The Morgan fingerprint density at radius 3 is 2.30 bits per heavy atom. The number of nitrogens with zero attached hydrogens (tertiary/aromatic N) is 2. The molecule has 116 valence electrons. The number of carbonyl (C=O) groups excluding carboxylic acids is 1. The fraction of sp³-hybridized carbons (Fsp3) is 0. The van der Waals surface area contributed by atoms with E-state index in [9.17, 15) is 25.0 Å². The Morgan fingerprint density at radius 1 is 1.00 bits per heavy atom. The van der Waals surface area contributed by atoms with Crippen molar-refractivity contribution in [3.05, 3.63) is 80.4 Å². The number of anilines is 1. The molecule has 0 radical (unpaired) electrons. The summed E-state index contributed by atoms with van der Waals surface area (Å²) in [5.41, 5.74) is -0.278. The Labute approximate surface area is 130 Å². The third-order valence-electron chi connectivity index (χ3n) is 2.87. The second kappa shape index (κ2) is 6.94. The van der Waals surface area contributed by atoms with Gasteiger partial charge in [0.1, 0.15) is 5.69 Å². The van der Waals surface area contributed by atoms with Crippen molar-refractivity contribution in [1.29, 1.82) is 0 Å². The summed E-state index contributed by atoms with van der Waals surface area (Å²) in [5, 5.41) is 24.0. The number of nitro groups is 2. The second-order valence-electron chi connectivity index (χ2n) is 4.45. The molecule has 0 fully saturated rings. The molecule has 0 saturated carbocycles. The zero-order valence-corrected chi connectivity index (χ0v) is 11.7. The van der Waals surface area contributed by atoms with Gasteiger partial charge in [0.05, 0.1) is 15.9 Å². The van der Waals surface area contributed by atoms with Crippen molar-refractivity contribution >= 4 is 29.0 Å². The van der Waals surface area contributed by atoms with Gasteiger partial charge in [-0.2, -0.15) is 0 Å². The molecule has 0 aromatic heterocycles. The number of non-ortho nitro benzene ring substituents is 1. The van der Waals surface area contributed by atoms with Gasteiger partial charge in [-0.05, 0) is 17.7 Å². The van der Waals surface area contributed by atoms with E-state index in [-0.39, 0.29) is 5.69 Å². The van der Waals surface area contributed by atoms with Crippen LogP contribution in [-0.4, -0.2) is 15.8 Å². The normalized spacial score (nSPS) is 10.4. The zero-order valence-electron chi connectivity index (χ0n) is 11.7. The molecule has 0 aliphatic carbocycles. The molecule has 2 aromatic carbocycles. The monoisotopic (exact) mass is 313 g/mol. The Hall–Kier alpha value is -3.55. The van der Waals surface area contributed by atoms with E-state index in [1.165, 1.54) is 6.08 Å². The second-order valence-corrected chi connectivity index (χ2v) is 4.45. The maximum Gasteiger partial charge on any atom is 0.299 e. The van der Waals surface area contributed by atoms with Crippen LogP contribution in [0.5, 0.6) is 0 Å². The highest BCUT2D eigenvalue weighted by Crippen LogP contribution is 2.28. The number of benzene rings is 2. The highest BCUT2D eigenvalue weighted by Gasteiger charge is 2.20. The summed E-state index contributed by atoms with van der Waals surface area (Å²) in [6, 6.07) is 12.0. The Kier molecular flexibility index (Phi) is 4.78. The molecule has 0 saturated heterocycles. The molecule has 0 spiro atoms. The van der Waals surface area contributed by atoms with Gasteiger partial charge >= 0.3 is 0 Å². The number of amides is 1. The number of hydrogen-bond acceptors (Lipinski definition) is 5. The van der Waals surface area contributed by atoms with Crippen LogP contribution in [0.1, 0.15) is 5.56 Å². The lowest BCUT2D eigenvalue weighted by molar-refractivity contribution is -0.393. The Balaban J connectivity index is 2.19. The summed E-state index contributed by atoms with van der Waals surface area (Å²) in [7, 11) is 0. The van der Waals surface area contributed by atoms with Crippen LogP contribution in [0.2, 0.25) is 0 Å². The summed E-state index contributed by atoms with van der Waals surface area (Å²) in [5.74, 6) is -0.578. The number of hydrogen-bond donors (Lipinski definition) is 1. The first kappa shape index (κ1) is 15.8. The van der Waals surface area contributed by atoms with Crippen molar-refractivity contribution in [2.75, 3.05) is 5.32 Å². The third kappa shape index (κ3) is 4.21. The van der Waals surface area contributed by atoms with E-state index in [0.29, 0.717) is 0 Å². The summed E-state index contributed by atoms with van der Waals surface area (Å²) >= 11 is 0. The van der Waals surface area contributed by atoms with Crippen molar-refractivity contribution in [2.45, 2.75) is 0 Å². The van der Waals surface area contributed by atoms with Crippen molar-refractivity contribution in [3.63, 3.8) is 0 Å². The van der Waals surface area contributed by atoms with Crippen LogP contribution in [0.25, 0.3) is 6.08 Å². The van der Waals surface area contributed by atoms with Gasteiger partial charge in [0, 0.05) is 12.1 Å². The summed E-state index contributed by atoms with van der Waals surface area (Å²) in [4.78, 5) is 31.9. The lowest BCUT2D eigenvalue weighted by atomic mass is 10.2. The molecule has 0 aliphatic heterocycles. The molecule has 0 unspecified atom stereocenters. The molecule has 2 rings (SSSR count). The van der Waals surface area contributed by atoms with Gasteiger partial charge in [0.25, 0.3) is 11.4 Å². The van der Waals surface area contributed by atoms with Crippen LogP contribution < -0.4 is 5.32 Å². The van der Waals surface area contributed by atoms with Crippen LogP contribution >= 0.6 is 0 Å². The predicted octanol–water partition coefficient (Wildman–Crippen LogP) is 3.15. The quantitative estimate of drug-likeness (QED) is 0.517. The third-order valence-corrected chi connectivity index (χ3v) is 2.87. The van der Waals surface area contributed by atoms with E-state index < -0.39 is 27.1 Å². The van der Waals surface area contributed by atoms with Crippen LogP contribution in [0.4, 0.5) is 17.1 Å². The Bertz CT molecular complexity index is 787. The first-order valence-corrected chi connectivity index (χ1v) is 6.44. The molecule has 0 heterocycles. The zero-order chi connectivity index (χ0) is 16.8. The first-order valence-electron chi connectivity index (χ1n) is 6.44. The van der Waals surface area contributed by atoms with Crippen molar-refractivity contribution in [3.8, 4) is 0 Å². The maximum atomic E-state index is 11.8. The number of nitrogens with one attached hydrogen (secondary N) is 1. The molecule has 8 heteroatoms. The maximum absolute atomic E-state index is 11.8. The van der Waals surface area contributed by atoms with E-state index in [1.54, 1.807) is 30.3 Å². The number of nitro benzene ring substituents is 2. The molecule has 0 aliphatic rings. The molecule has 23 heavy (non-hydrogen) atoms. The molecule has 1 amide bonds. The minimum atomic E-state index is -0.788. The molecular formula is C15H11N3O5. The standard InChI is InChI=1S/C15H11N3O5/c19-15(9-6-11-4-2-1-3-5-11)16-13-8-7-12(17(20)21)10-14(13)18(22)23/h1-10H,(H,16,19)/b9-6+. The molecule has 0 atom stereocenters. The van der Waals surface area contributed by atoms with E-state index >= 15 is 0 Å². The Morgan fingerprint density at radius 2 is 1.70 bits per heavy atom. The van der Waals surface area contributed by atoms with Gasteiger partial charge in [-0.15, -0.1) is 0 Å². The van der Waals surface area contributed by atoms with Gasteiger partial charge in [-0.3, -0.25) is 25.0 Å². The van der Waals surface area contributed by atoms with Crippen molar-refractivity contribution in [1.82, 2.24) is 0 Å². The summed E-state index contributed by atoms with van der Waals surface area (Å²) in [6.45, 7) is 0. The van der Waals surface area contributed by atoms with Gasteiger partial charge in [-0.25, -0.2) is 0 Å². The van der Waals surface area contributed by atoms with E-state index in [1.807, 2.05) is 6.07 Å². The van der Waals surface area contributed by atoms with Crippen LogP contribution in [0.15, 0.2) is 54.6 Å². The largest absolute Gasteiger partial charge is 0.317 e. The highest BCUT2D eigenvalue weighted by molar-refractivity contribution is 6.03.